The smallest absolute Gasteiger partial charge is 0.256 e. The van der Waals surface area contributed by atoms with Crippen molar-refractivity contribution in [3.8, 4) is 0 Å². The lowest BCUT2D eigenvalue weighted by Crippen LogP contribution is -2.34. The molecule has 0 bridgehead atoms. The Hall–Kier alpha value is -1.23. The normalized spacial score (nSPS) is 18.7. The van der Waals surface area contributed by atoms with Crippen molar-refractivity contribution in [3.05, 3.63) is 29.1 Å². The van der Waals surface area contributed by atoms with Gasteiger partial charge in [0.25, 0.3) is 5.91 Å². The van der Waals surface area contributed by atoms with Gasteiger partial charge >= 0.3 is 0 Å². The van der Waals surface area contributed by atoms with Crippen LogP contribution in [0.2, 0.25) is 0 Å². The summed E-state index contributed by atoms with van der Waals surface area (Å²) in [6.07, 6.45) is 0.909. The molecule has 0 unspecified atom stereocenters. The summed E-state index contributed by atoms with van der Waals surface area (Å²) in [6, 6.07) is 2.99. The van der Waals surface area contributed by atoms with Gasteiger partial charge in [-0.05, 0) is 31.0 Å². The lowest BCUT2D eigenvalue weighted by molar-refractivity contribution is 0.0759. The highest BCUT2D eigenvalue weighted by molar-refractivity contribution is 8.00. The Bertz CT molecular complexity index is 531. The van der Waals surface area contributed by atoms with E-state index in [1.54, 1.807) is 17.9 Å². The van der Waals surface area contributed by atoms with Gasteiger partial charge in [-0.1, -0.05) is 13.8 Å². The third-order valence-corrected chi connectivity index (χ3v) is 5.00. The van der Waals surface area contributed by atoms with Crippen molar-refractivity contribution in [2.75, 3.05) is 24.6 Å². The van der Waals surface area contributed by atoms with Crippen LogP contribution in [0.4, 0.5) is 10.1 Å². The maximum atomic E-state index is 14.1. The Morgan fingerprint density at radius 2 is 2.10 bits per heavy atom. The topological polar surface area (TPSA) is 46.3 Å². The molecule has 0 aromatic heterocycles. The number of rotatable bonds is 1. The van der Waals surface area contributed by atoms with Crippen LogP contribution in [0.25, 0.3) is 0 Å². The number of nitrogen functional groups attached to an aromatic ring is 1. The number of hydrogen-bond acceptors (Lipinski definition) is 3. The Balaban J connectivity index is 2.23. The van der Waals surface area contributed by atoms with E-state index in [1.807, 2.05) is 11.8 Å². The van der Waals surface area contributed by atoms with Gasteiger partial charge in [-0.3, -0.25) is 4.79 Å². The van der Waals surface area contributed by atoms with Gasteiger partial charge < -0.3 is 10.6 Å². The predicted molar refractivity (Wildman–Crippen MR) is 82.6 cm³/mol. The molecule has 1 aliphatic rings. The van der Waals surface area contributed by atoms with E-state index in [1.165, 1.54) is 6.07 Å². The number of halogens is 1. The van der Waals surface area contributed by atoms with Crippen molar-refractivity contribution in [1.29, 1.82) is 0 Å². The minimum absolute atomic E-state index is 0.0900. The summed E-state index contributed by atoms with van der Waals surface area (Å²) >= 11 is 1.86. The highest BCUT2D eigenvalue weighted by Gasteiger charge is 2.27. The number of anilines is 1. The first-order chi connectivity index (χ1) is 9.30. The molecule has 2 N–H and O–H groups in total. The second-order valence-electron chi connectivity index (χ2n) is 5.85. The van der Waals surface area contributed by atoms with Gasteiger partial charge in [-0.15, -0.1) is 0 Å². The monoisotopic (exact) mass is 296 g/mol. The van der Waals surface area contributed by atoms with Crippen molar-refractivity contribution in [2.24, 2.45) is 0 Å². The summed E-state index contributed by atoms with van der Waals surface area (Å²) in [5, 5.41) is 0. The lowest BCUT2D eigenvalue weighted by Gasteiger charge is -2.23. The molecule has 1 aromatic rings. The van der Waals surface area contributed by atoms with Crippen LogP contribution in [0.15, 0.2) is 12.1 Å². The number of carbonyl (C=O) groups excluding carboxylic acids is 1. The van der Waals surface area contributed by atoms with Crippen molar-refractivity contribution >= 4 is 23.4 Å². The number of amides is 1. The number of benzene rings is 1. The van der Waals surface area contributed by atoms with Crippen molar-refractivity contribution < 1.29 is 9.18 Å². The number of carbonyl (C=O) groups is 1. The molecule has 1 amide bonds. The molecule has 2 rings (SSSR count). The second-order valence-corrected chi connectivity index (χ2v) is 7.65. The zero-order valence-corrected chi connectivity index (χ0v) is 13.0. The Morgan fingerprint density at radius 1 is 1.40 bits per heavy atom. The standard InChI is InChI=1S/C15H21FN2OS/c1-10-8-11(17)9-12(13(10)16)14(19)18-5-4-15(2,3)20-7-6-18/h8-9H,4-7,17H2,1-3H3. The first-order valence-electron chi connectivity index (χ1n) is 6.79. The van der Waals surface area contributed by atoms with Gasteiger partial charge in [0.2, 0.25) is 0 Å². The maximum Gasteiger partial charge on any atom is 0.256 e. The third-order valence-electron chi connectivity index (χ3n) is 3.63. The summed E-state index contributed by atoms with van der Waals surface area (Å²) in [4.78, 5) is 14.2. The van der Waals surface area contributed by atoms with E-state index in [-0.39, 0.29) is 16.2 Å². The molecule has 110 valence electrons. The maximum absolute atomic E-state index is 14.1. The summed E-state index contributed by atoms with van der Waals surface area (Å²) in [7, 11) is 0. The van der Waals surface area contributed by atoms with Crippen molar-refractivity contribution in [3.63, 3.8) is 0 Å². The van der Waals surface area contributed by atoms with Crippen LogP contribution in [0.3, 0.4) is 0 Å². The first kappa shape index (κ1) is 15.2. The molecular formula is C15H21FN2OS. The Kier molecular flexibility index (Phi) is 4.28. The molecule has 0 aliphatic carbocycles. The minimum atomic E-state index is -0.458. The molecular weight excluding hydrogens is 275 g/mol. The van der Waals surface area contributed by atoms with E-state index in [0.717, 1.165) is 12.2 Å². The first-order valence-corrected chi connectivity index (χ1v) is 7.77. The molecule has 1 heterocycles. The molecule has 1 saturated heterocycles. The number of nitrogens with zero attached hydrogens (tertiary/aromatic N) is 1. The fraction of sp³-hybridized carbons (Fsp3) is 0.533. The quantitative estimate of drug-likeness (QED) is 0.810. The molecule has 0 radical (unpaired) electrons. The van der Waals surface area contributed by atoms with Crippen LogP contribution in [0, 0.1) is 12.7 Å². The van der Waals surface area contributed by atoms with E-state index in [4.69, 9.17) is 5.73 Å². The van der Waals surface area contributed by atoms with Gasteiger partial charge in [-0.2, -0.15) is 11.8 Å². The molecule has 5 heteroatoms. The summed E-state index contributed by atoms with van der Waals surface area (Å²) in [5.74, 6) is 0.165. The third kappa shape index (κ3) is 3.26. The van der Waals surface area contributed by atoms with E-state index >= 15 is 0 Å². The van der Waals surface area contributed by atoms with Gasteiger partial charge in [-0.25, -0.2) is 4.39 Å². The zero-order chi connectivity index (χ0) is 14.9. The average Bonchev–Trinajstić information content (AvgIpc) is 2.54. The predicted octanol–water partition coefficient (Wildman–Crippen LogP) is 3.07. The summed E-state index contributed by atoms with van der Waals surface area (Å²) in [6.45, 7) is 7.30. The van der Waals surface area contributed by atoms with Crippen molar-refractivity contribution in [1.82, 2.24) is 4.90 Å². The fourth-order valence-electron chi connectivity index (χ4n) is 2.35. The molecule has 0 atom stereocenters. The minimum Gasteiger partial charge on any atom is -0.399 e. The van der Waals surface area contributed by atoms with E-state index in [2.05, 4.69) is 13.8 Å². The van der Waals surface area contributed by atoms with Crippen molar-refractivity contribution in [2.45, 2.75) is 31.9 Å². The highest BCUT2D eigenvalue weighted by atomic mass is 32.2. The molecule has 1 aromatic carbocycles. The lowest BCUT2D eigenvalue weighted by atomic mass is 10.1. The van der Waals surface area contributed by atoms with E-state index in [9.17, 15) is 9.18 Å². The summed E-state index contributed by atoms with van der Waals surface area (Å²) in [5.41, 5.74) is 6.66. The molecule has 20 heavy (non-hydrogen) atoms. The molecule has 0 saturated carbocycles. The van der Waals surface area contributed by atoms with Gasteiger partial charge in [0, 0.05) is 29.3 Å². The Morgan fingerprint density at radius 3 is 2.80 bits per heavy atom. The van der Waals surface area contributed by atoms with Crippen LogP contribution in [-0.2, 0) is 0 Å². The van der Waals surface area contributed by atoms with Crippen LogP contribution >= 0.6 is 11.8 Å². The fourth-order valence-corrected chi connectivity index (χ4v) is 3.45. The number of aryl methyl sites for hydroxylation is 1. The van der Waals surface area contributed by atoms with Gasteiger partial charge in [0.1, 0.15) is 5.82 Å². The van der Waals surface area contributed by atoms with E-state index in [0.29, 0.717) is 24.3 Å². The molecule has 0 spiro atoms. The largest absolute Gasteiger partial charge is 0.399 e. The van der Waals surface area contributed by atoms with Gasteiger partial charge in [0.15, 0.2) is 0 Å². The molecule has 3 nitrogen and oxygen atoms in total. The number of hydrogen-bond donors (Lipinski definition) is 1. The molecule has 1 fully saturated rings. The highest BCUT2D eigenvalue weighted by Crippen LogP contribution is 2.31. The van der Waals surface area contributed by atoms with Gasteiger partial charge in [0.05, 0.1) is 5.56 Å². The average molecular weight is 296 g/mol. The van der Waals surface area contributed by atoms with E-state index < -0.39 is 5.82 Å². The second kappa shape index (κ2) is 5.64. The molecule has 1 aliphatic heterocycles. The van der Waals surface area contributed by atoms with Crippen LogP contribution in [-0.4, -0.2) is 34.4 Å². The number of thioether (sulfide) groups is 1. The number of nitrogens with two attached hydrogens (primary N) is 1. The van der Waals surface area contributed by atoms with Crippen LogP contribution < -0.4 is 5.73 Å². The summed E-state index contributed by atoms with van der Waals surface area (Å²) < 4.78 is 14.3. The Labute approximate surface area is 123 Å². The SMILES string of the molecule is Cc1cc(N)cc(C(=O)N2CCSC(C)(C)CC2)c1F. The zero-order valence-electron chi connectivity index (χ0n) is 12.2. The van der Waals surface area contributed by atoms with Crippen LogP contribution in [0.1, 0.15) is 36.2 Å². The van der Waals surface area contributed by atoms with Crippen LogP contribution in [0.5, 0.6) is 0 Å².